The van der Waals surface area contributed by atoms with E-state index in [1.54, 1.807) is 7.11 Å². The summed E-state index contributed by atoms with van der Waals surface area (Å²) < 4.78 is 12.2. The number of methoxy groups -OCH3 is 1. The van der Waals surface area contributed by atoms with Gasteiger partial charge in [0.15, 0.2) is 17.7 Å². The van der Waals surface area contributed by atoms with Crippen molar-refractivity contribution in [3.05, 3.63) is 23.3 Å². The predicted octanol–water partition coefficient (Wildman–Crippen LogP) is 4.37. The van der Waals surface area contributed by atoms with Crippen molar-refractivity contribution in [2.45, 2.75) is 78.0 Å². The normalized spacial score (nSPS) is 27.3. The van der Waals surface area contributed by atoms with Crippen LogP contribution in [0.3, 0.4) is 0 Å². The molecule has 3 heterocycles. The van der Waals surface area contributed by atoms with E-state index in [1.165, 1.54) is 11.1 Å². The van der Waals surface area contributed by atoms with Crippen molar-refractivity contribution in [1.29, 1.82) is 5.26 Å². The zero-order valence-corrected chi connectivity index (χ0v) is 21.0. The summed E-state index contributed by atoms with van der Waals surface area (Å²) in [5.74, 6) is 2.38. The molecule has 2 fully saturated rings. The van der Waals surface area contributed by atoms with Gasteiger partial charge in [0.1, 0.15) is 0 Å². The molecule has 0 saturated carbocycles. The van der Waals surface area contributed by atoms with Crippen LogP contribution in [0.5, 0.6) is 11.5 Å². The van der Waals surface area contributed by atoms with Crippen LogP contribution in [0.4, 0.5) is 0 Å². The Morgan fingerprint density at radius 3 is 2.55 bits per heavy atom. The van der Waals surface area contributed by atoms with Crippen LogP contribution in [-0.2, 0) is 6.42 Å². The number of hydrogen-bond acceptors (Lipinski definition) is 6. The van der Waals surface area contributed by atoms with Crippen LogP contribution < -0.4 is 9.47 Å². The lowest BCUT2D eigenvalue weighted by Gasteiger charge is -2.47. The van der Waals surface area contributed by atoms with Gasteiger partial charge in [-0.3, -0.25) is 4.90 Å². The van der Waals surface area contributed by atoms with Crippen LogP contribution in [0.1, 0.15) is 70.5 Å². The van der Waals surface area contributed by atoms with Gasteiger partial charge in [-0.15, -0.1) is 0 Å². The second kappa shape index (κ2) is 9.72. The average molecular weight is 456 g/mol. The molecule has 6 nitrogen and oxygen atoms in total. The van der Waals surface area contributed by atoms with Gasteiger partial charge in [0.25, 0.3) is 0 Å². The summed E-state index contributed by atoms with van der Waals surface area (Å²) in [6.07, 6.45) is 6.85. The van der Waals surface area contributed by atoms with Gasteiger partial charge >= 0.3 is 0 Å². The van der Waals surface area contributed by atoms with E-state index in [1.807, 2.05) is 4.90 Å². The molecule has 1 aromatic rings. The molecule has 1 N–H and O–H groups in total. The maximum absolute atomic E-state index is 11.0. The minimum atomic E-state index is -0.266. The number of nitriles is 1. The van der Waals surface area contributed by atoms with Crippen LogP contribution in [0.25, 0.3) is 0 Å². The van der Waals surface area contributed by atoms with E-state index >= 15 is 0 Å². The number of benzene rings is 1. The zero-order chi connectivity index (χ0) is 23.8. The van der Waals surface area contributed by atoms with Crippen LogP contribution in [0.15, 0.2) is 12.1 Å². The Morgan fingerprint density at radius 2 is 1.91 bits per heavy atom. The fraction of sp³-hybridized carbons (Fsp3) is 0.741. The summed E-state index contributed by atoms with van der Waals surface area (Å²) in [4.78, 5) is 4.40. The zero-order valence-electron chi connectivity index (χ0n) is 21.0. The first-order valence-corrected chi connectivity index (χ1v) is 12.6. The molecule has 0 bridgehead atoms. The summed E-state index contributed by atoms with van der Waals surface area (Å²) in [5.41, 5.74) is 2.83. The predicted molar refractivity (Wildman–Crippen MR) is 129 cm³/mol. The standard InChI is InChI=1S/C27H41N3O3/c1-18(19-6-9-29(17-28)10-7-19)33-26-12-20-8-11-30-16-21(15-27(2,3)4)24(31)14-23(30)22(20)13-25(26)32-5/h12-13,18-19,21,23-24,31H,6-11,14-16H2,1-5H3/t18?,21-,23-,24-/m1/s1. The molecule has 0 radical (unpaired) electrons. The summed E-state index contributed by atoms with van der Waals surface area (Å²) in [7, 11) is 1.71. The van der Waals surface area contributed by atoms with Crippen molar-refractivity contribution in [3.8, 4) is 17.7 Å². The van der Waals surface area contributed by atoms with Crippen molar-refractivity contribution >= 4 is 0 Å². The number of likely N-dealkylation sites (tertiary alicyclic amines) is 1. The summed E-state index contributed by atoms with van der Waals surface area (Å²) in [6, 6.07) is 4.58. The van der Waals surface area contributed by atoms with Gasteiger partial charge in [-0.1, -0.05) is 20.8 Å². The van der Waals surface area contributed by atoms with Gasteiger partial charge in [-0.25, -0.2) is 0 Å². The fourth-order valence-electron chi connectivity index (χ4n) is 6.10. The van der Waals surface area contributed by atoms with Crippen molar-refractivity contribution in [3.63, 3.8) is 0 Å². The van der Waals surface area contributed by atoms with Crippen LogP contribution in [0.2, 0.25) is 0 Å². The molecule has 182 valence electrons. The lowest BCUT2D eigenvalue weighted by Crippen LogP contribution is -2.48. The number of nitrogens with zero attached hydrogens (tertiary/aromatic N) is 3. The first kappa shape index (κ1) is 24.2. The van der Waals surface area contributed by atoms with Crippen molar-refractivity contribution in [2.24, 2.45) is 17.3 Å². The van der Waals surface area contributed by atoms with Gasteiger partial charge in [0.2, 0.25) is 0 Å². The Hall–Kier alpha value is -1.97. The van der Waals surface area contributed by atoms with E-state index in [2.05, 4.69) is 50.9 Å². The van der Waals surface area contributed by atoms with Gasteiger partial charge in [0, 0.05) is 32.2 Å². The highest BCUT2D eigenvalue weighted by atomic mass is 16.5. The Kier molecular flexibility index (Phi) is 7.12. The molecular weight excluding hydrogens is 414 g/mol. The van der Waals surface area contributed by atoms with Gasteiger partial charge in [-0.05, 0) is 79.5 Å². The van der Waals surface area contributed by atoms with E-state index in [0.29, 0.717) is 11.8 Å². The van der Waals surface area contributed by atoms with Gasteiger partial charge < -0.3 is 19.5 Å². The summed E-state index contributed by atoms with van der Waals surface area (Å²) >= 11 is 0. The highest BCUT2D eigenvalue weighted by molar-refractivity contribution is 5.50. The molecule has 3 aliphatic rings. The van der Waals surface area contributed by atoms with Crippen LogP contribution in [-0.4, -0.2) is 60.4 Å². The molecular formula is C27H41N3O3. The van der Waals surface area contributed by atoms with E-state index in [9.17, 15) is 5.11 Å². The number of ether oxygens (including phenoxy) is 2. The molecule has 33 heavy (non-hydrogen) atoms. The topological polar surface area (TPSA) is 69.0 Å². The molecule has 0 aromatic heterocycles. The number of aliphatic hydroxyl groups is 1. The second-order valence-corrected chi connectivity index (χ2v) is 11.5. The summed E-state index contributed by atoms with van der Waals surface area (Å²) in [6.45, 7) is 12.5. The van der Waals surface area contributed by atoms with Crippen LogP contribution >= 0.6 is 0 Å². The van der Waals surface area contributed by atoms with E-state index < -0.39 is 0 Å². The number of fused-ring (bicyclic) bond motifs is 3. The Balaban J connectivity index is 1.49. The molecule has 2 saturated heterocycles. The average Bonchev–Trinajstić information content (AvgIpc) is 2.78. The third-order valence-corrected chi connectivity index (χ3v) is 7.90. The molecule has 1 aromatic carbocycles. The fourth-order valence-corrected chi connectivity index (χ4v) is 6.10. The number of hydrogen-bond donors (Lipinski definition) is 1. The molecule has 0 amide bonds. The third kappa shape index (κ3) is 5.41. The lowest BCUT2D eigenvalue weighted by molar-refractivity contribution is -0.0259. The maximum atomic E-state index is 11.0. The van der Waals surface area contributed by atoms with Crippen molar-refractivity contribution < 1.29 is 14.6 Å². The third-order valence-electron chi connectivity index (χ3n) is 7.90. The first-order valence-electron chi connectivity index (χ1n) is 12.6. The molecule has 0 aliphatic carbocycles. The highest BCUT2D eigenvalue weighted by Crippen LogP contribution is 2.45. The largest absolute Gasteiger partial charge is 0.493 e. The number of piperidine rings is 2. The molecule has 0 spiro atoms. The summed E-state index contributed by atoms with van der Waals surface area (Å²) in [5, 5.41) is 20.1. The van der Waals surface area contributed by atoms with E-state index in [0.717, 1.165) is 69.8 Å². The van der Waals surface area contributed by atoms with Crippen molar-refractivity contribution in [2.75, 3.05) is 33.3 Å². The molecule has 4 atom stereocenters. The monoisotopic (exact) mass is 455 g/mol. The number of aliphatic hydroxyl groups excluding tert-OH is 1. The Morgan fingerprint density at radius 1 is 1.18 bits per heavy atom. The van der Waals surface area contributed by atoms with Crippen LogP contribution in [0, 0.1) is 28.7 Å². The van der Waals surface area contributed by atoms with Crippen molar-refractivity contribution in [1.82, 2.24) is 9.80 Å². The van der Waals surface area contributed by atoms with E-state index in [-0.39, 0.29) is 23.7 Å². The molecule has 3 aliphatic heterocycles. The molecule has 1 unspecified atom stereocenters. The minimum absolute atomic E-state index is 0.0764. The molecule has 4 rings (SSSR count). The Bertz CT molecular complexity index is 867. The number of rotatable bonds is 5. The molecule has 6 heteroatoms. The second-order valence-electron chi connectivity index (χ2n) is 11.5. The van der Waals surface area contributed by atoms with Gasteiger partial charge in [0.05, 0.1) is 19.3 Å². The SMILES string of the molecule is COc1cc2c(cc1OC(C)C1CCN(C#N)CC1)CCN1C[C@@H](CC(C)(C)C)[C@H](O)C[C@H]21. The Labute approximate surface area is 199 Å². The smallest absolute Gasteiger partial charge is 0.179 e. The maximum Gasteiger partial charge on any atom is 0.179 e. The lowest BCUT2D eigenvalue weighted by atomic mass is 9.75. The minimum Gasteiger partial charge on any atom is -0.493 e. The van der Waals surface area contributed by atoms with E-state index in [4.69, 9.17) is 14.7 Å². The quantitative estimate of drug-likeness (QED) is 0.665. The highest BCUT2D eigenvalue weighted by Gasteiger charge is 2.40. The van der Waals surface area contributed by atoms with Gasteiger partial charge in [-0.2, -0.15) is 5.26 Å². The first-order chi connectivity index (χ1) is 15.7.